The number of aromatic nitrogens is 1. The van der Waals surface area contributed by atoms with Crippen LogP contribution in [-0.2, 0) is 0 Å². The molecule has 3 nitrogen and oxygen atoms in total. The molecule has 0 saturated heterocycles. The van der Waals surface area contributed by atoms with Crippen molar-refractivity contribution in [1.29, 1.82) is 0 Å². The molecule has 2 aromatic heterocycles. The van der Waals surface area contributed by atoms with Gasteiger partial charge in [-0.05, 0) is 142 Å². The Balaban J connectivity index is 1.46. The molecule has 9 rings (SSSR count). The van der Waals surface area contributed by atoms with E-state index in [4.69, 9.17) is 15.0 Å². The molecule has 4 heteroatoms. The van der Waals surface area contributed by atoms with E-state index in [1.54, 1.807) is 11.3 Å². The SMILES string of the molecule is Cc1ccc(C2=c3ccc(s3)=C(c3ccc(C)cc3)C3=NC(=C(c4c(C)cc(C)cc4C)c4cncc(c4)C(c4c(C)cc(C)cc4C)=C4C=CC2=N4)C=C3)cc1. The fraction of sp³-hybridized carbons (Fsp3) is 0.151. The average molecular weight is 756 g/mol. The number of pyridine rings is 1. The van der Waals surface area contributed by atoms with Crippen molar-refractivity contribution in [3.05, 3.63) is 226 Å². The molecule has 4 aromatic carbocycles. The number of thiophene rings is 1. The van der Waals surface area contributed by atoms with Crippen molar-refractivity contribution in [1.82, 2.24) is 4.98 Å². The lowest BCUT2D eigenvalue weighted by atomic mass is 9.86. The van der Waals surface area contributed by atoms with Gasteiger partial charge in [0.15, 0.2) is 0 Å². The molecular weight excluding hydrogens is 711 g/mol. The summed E-state index contributed by atoms with van der Waals surface area (Å²) in [5, 5.41) is 0. The molecule has 5 heterocycles. The van der Waals surface area contributed by atoms with E-state index in [2.05, 4.69) is 171 Å². The third-order valence-electron chi connectivity index (χ3n) is 11.3. The Morgan fingerprint density at radius 1 is 0.368 bits per heavy atom. The lowest BCUT2D eigenvalue weighted by Crippen LogP contribution is -2.12. The summed E-state index contributed by atoms with van der Waals surface area (Å²) in [7, 11) is 0. The van der Waals surface area contributed by atoms with Gasteiger partial charge in [0.1, 0.15) is 0 Å². The summed E-state index contributed by atoms with van der Waals surface area (Å²) in [6, 6.07) is 33.6. The van der Waals surface area contributed by atoms with Crippen molar-refractivity contribution in [2.45, 2.75) is 55.4 Å². The van der Waals surface area contributed by atoms with Gasteiger partial charge in [-0.3, -0.25) is 4.98 Å². The van der Waals surface area contributed by atoms with Gasteiger partial charge < -0.3 is 0 Å². The molecule has 8 bridgehead atoms. The summed E-state index contributed by atoms with van der Waals surface area (Å²) in [6.45, 7) is 17.5. The van der Waals surface area contributed by atoms with E-state index in [0.717, 1.165) is 76.4 Å². The predicted molar refractivity (Wildman–Crippen MR) is 242 cm³/mol. The summed E-state index contributed by atoms with van der Waals surface area (Å²) in [4.78, 5) is 16.1. The molecular formula is C53H45N3S. The van der Waals surface area contributed by atoms with Crippen molar-refractivity contribution < 1.29 is 0 Å². The third kappa shape index (κ3) is 6.64. The Hall–Kier alpha value is -6.23. The number of aliphatic imine (C=N–C) groups is 2. The fourth-order valence-corrected chi connectivity index (χ4v) is 10.0. The normalized spacial score (nSPS) is 14.9. The van der Waals surface area contributed by atoms with Crippen LogP contribution < -0.4 is 9.06 Å². The maximum Gasteiger partial charge on any atom is 0.0730 e. The smallest absolute Gasteiger partial charge is 0.0730 e. The number of allylic oxidation sites excluding steroid dienone is 4. The van der Waals surface area contributed by atoms with E-state index in [1.165, 1.54) is 55.6 Å². The molecule has 0 amide bonds. The van der Waals surface area contributed by atoms with E-state index < -0.39 is 0 Å². The van der Waals surface area contributed by atoms with E-state index in [0.29, 0.717) is 0 Å². The quantitative estimate of drug-likeness (QED) is 0.177. The fourth-order valence-electron chi connectivity index (χ4n) is 8.86. The van der Waals surface area contributed by atoms with Crippen molar-refractivity contribution in [3.8, 4) is 0 Å². The summed E-state index contributed by atoms with van der Waals surface area (Å²) in [5.74, 6) is 0. The minimum atomic E-state index is 0.928. The van der Waals surface area contributed by atoms with Crippen LogP contribution in [0.2, 0.25) is 0 Å². The maximum atomic E-state index is 5.56. The predicted octanol–water partition coefficient (Wildman–Crippen LogP) is 11.3. The van der Waals surface area contributed by atoms with Gasteiger partial charge >= 0.3 is 0 Å². The number of hydrogen-bond donors (Lipinski definition) is 0. The molecule has 3 aliphatic heterocycles. The Morgan fingerprint density at radius 2 is 0.754 bits per heavy atom. The number of fused-ring (bicyclic) bond motifs is 6. The number of aryl methyl sites for hydroxylation is 8. The molecule has 0 aliphatic carbocycles. The molecule has 0 N–H and O–H groups in total. The molecule has 3 aliphatic rings. The highest BCUT2D eigenvalue weighted by Gasteiger charge is 2.25. The monoisotopic (exact) mass is 755 g/mol. The average Bonchev–Trinajstić information content (AvgIpc) is 3.96. The second-order valence-electron chi connectivity index (χ2n) is 15.8. The number of hydrogen-bond acceptors (Lipinski definition) is 4. The summed E-state index contributed by atoms with van der Waals surface area (Å²) >= 11 is 1.80. The lowest BCUT2D eigenvalue weighted by Gasteiger charge is -2.20. The van der Waals surface area contributed by atoms with Crippen LogP contribution in [0.25, 0.3) is 22.3 Å². The standard InChI is InChI=1S/C53H45N3S/c1-30-9-13-38(14-10-30)50-42-17-19-44(55-42)52(48-34(5)23-32(3)24-35(48)6)40-27-41(29-54-28-40)53(49-36(7)25-33(4)26-37(49)8)45-20-18-43(56-45)51(47-22-21-46(50)57-47)39-15-11-31(2)12-16-39/h9-29H,1-8H3. The van der Waals surface area contributed by atoms with Crippen LogP contribution in [0.3, 0.4) is 0 Å². The van der Waals surface area contributed by atoms with Crippen LogP contribution in [0.4, 0.5) is 0 Å². The van der Waals surface area contributed by atoms with Crippen LogP contribution in [0.1, 0.15) is 77.9 Å². The van der Waals surface area contributed by atoms with Crippen molar-refractivity contribution in [3.63, 3.8) is 0 Å². The van der Waals surface area contributed by atoms with Crippen LogP contribution in [0, 0.1) is 55.4 Å². The van der Waals surface area contributed by atoms with Gasteiger partial charge in [-0.2, -0.15) is 0 Å². The lowest BCUT2D eigenvalue weighted by molar-refractivity contribution is 1.23. The van der Waals surface area contributed by atoms with Gasteiger partial charge in [0, 0.05) is 54.9 Å². The summed E-state index contributed by atoms with van der Waals surface area (Å²) < 4.78 is 2.32. The van der Waals surface area contributed by atoms with Gasteiger partial charge in [-0.1, -0.05) is 95.1 Å². The third-order valence-corrected chi connectivity index (χ3v) is 12.4. The highest BCUT2D eigenvalue weighted by Crippen LogP contribution is 2.40. The van der Waals surface area contributed by atoms with Crippen molar-refractivity contribution in [2.24, 2.45) is 9.98 Å². The summed E-state index contributed by atoms with van der Waals surface area (Å²) in [6.07, 6.45) is 12.8. The first-order chi connectivity index (χ1) is 27.5. The van der Waals surface area contributed by atoms with Crippen LogP contribution in [0.15, 0.2) is 149 Å². The highest BCUT2D eigenvalue weighted by molar-refractivity contribution is 7.08. The molecule has 0 saturated carbocycles. The van der Waals surface area contributed by atoms with Gasteiger partial charge in [0.2, 0.25) is 0 Å². The zero-order valence-electron chi connectivity index (χ0n) is 33.9. The molecule has 0 unspecified atom stereocenters. The van der Waals surface area contributed by atoms with Crippen LogP contribution in [-0.4, -0.2) is 16.4 Å². The molecule has 0 spiro atoms. The molecule has 278 valence electrons. The van der Waals surface area contributed by atoms with E-state index >= 15 is 0 Å². The van der Waals surface area contributed by atoms with E-state index in [-0.39, 0.29) is 0 Å². The zero-order chi connectivity index (χ0) is 39.5. The van der Waals surface area contributed by atoms with Gasteiger partial charge in [-0.15, -0.1) is 11.3 Å². The molecule has 0 fully saturated rings. The first kappa shape index (κ1) is 36.4. The molecule has 0 atom stereocenters. The second-order valence-corrected chi connectivity index (χ2v) is 16.9. The zero-order valence-corrected chi connectivity index (χ0v) is 34.7. The summed E-state index contributed by atoms with van der Waals surface area (Å²) in [5.41, 5.74) is 24.7. The van der Waals surface area contributed by atoms with Gasteiger partial charge in [-0.25, -0.2) is 9.98 Å². The Labute approximate surface area is 340 Å². The first-order valence-electron chi connectivity index (χ1n) is 19.7. The minimum absolute atomic E-state index is 0.928. The number of rotatable bonds is 4. The van der Waals surface area contributed by atoms with Gasteiger partial charge in [0.25, 0.3) is 0 Å². The largest absolute Gasteiger partial charge is 0.263 e. The topological polar surface area (TPSA) is 37.6 Å². The number of nitrogens with zero attached hydrogens (tertiary/aromatic N) is 3. The molecule has 6 aromatic rings. The first-order valence-corrected chi connectivity index (χ1v) is 20.5. The second kappa shape index (κ2) is 14.4. The van der Waals surface area contributed by atoms with Crippen LogP contribution >= 0.6 is 11.3 Å². The Bertz CT molecular complexity index is 2750. The Kier molecular flexibility index (Phi) is 9.18. The highest BCUT2D eigenvalue weighted by atomic mass is 32.1. The van der Waals surface area contributed by atoms with Crippen LogP contribution in [0.5, 0.6) is 0 Å². The van der Waals surface area contributed by atoms with Crippen molar-refractivity contribution >= 4 is 45.1 Å². The van der Waals surface area contributed by atoms with E-state index in [1.807, 2.05) is 12.4 Å². The van der Waals surface area contributed by atoms with E-state index in [9.17, 15) is 0 Å². The van der Waals surface area contributed by atoms with Crippen molar-refractivity contribution in [2.75, 3.05) is 0 Å². The van der Waals surface area contributed by atoms with Gasteiger partial charge in [0.05, 0.1) is 22.8 Å². The molecule has 0 radical (unpaired) electrons. The molecule has 57 heavy (non-hydrogen) atoms. The minimum Gasteiger partial charge on any atom is -0.263 e. The maximum absolute atomic E-state index is 5.56. The number of benzene rings is 4. The Morgan fingerprint density at radius 3 is 1.14 bits per heavy atom.